The SMILES string of the molecule is Cc1ncc(CO)c([C@H](N)CCCO)c1O. The summed E-state index contributed by atoms with van der Waals surface area (Å²) in [6.07, 6.45) is 2.64. The first kappa shape index (κ1) is 12.9. The number of hydrogen-bond acceptors (Lipinski definition) is 5. The van der Waals surface area contributed by atoms with E-state index in [1.54, 1.807) is 6.92 Å². The van der Waals surface area contributed by atoms with Gasteiger partial charge in [0.1, 0.15) is 5.75 Å². The van der Waals surface area contributed by atoms with E-state index in [2.05, 4.69) is 4.98 Å². The number of aliphatic hydroxyl groups excluding tert-OH is 2. The smallest absolute Gasteiger partial charge is 0.141 e. The van der Waals surface area contributed by atoms with Crippen molar-refractivity contribution in [3.8, 4) is 5.75 Å². The Morgan fingerprint density at radius 1 is 1.44 bits per heavy atom. The van der Waals surface area contributed by atoms with Gasteiger partial charge < -0.3 is 21.1 Å². The average molecular weight is 226 g/mol. The molecule has 0 radical (unpaired) electrons. The first-order chi connectivity index (χ1) is 7.61. The minimum Gasteiger partial charge on any atom is -0.506 e. The summed E-state index contributed by atoms with van der Waals surface area (Å²) < 4.78 is 0. The highest BCUT2D eigenvalue weighted by Crippen LogP contribution is 2.30. The van der Waals surface area contributed by atoms with E-state index in [-0.39, 0.29) is 19.0 Å². The fourth-order valence-electron chi connectivity index (χ4n) is 1.65. The van der Waals surface area contributed by atoms with E-state index < -0.39 is 6.04 Å². The zero-order valence-electron chi connectivity index (χ0n) is 9.35. The van der Waals surface area contributed by atoms with E-state index in [1.165, 1.54) is 6.20 Å². The Hall–Kier alpha value is -1.17. The van der Waals surface area contributed by atoms with Crippen LogP contribution in [0, 0.1) is 6.92 Å². The Morgan fingerprint density at radius 2 is 2.12 bits per heavy atom. The number of aromatic hydroxyl groups is 1. The lowest BCUT2D eigenvalue weighted by atomic mass is 9.97. The molecule has 16 heavy (non-hydrogen) atoms. The van der Waals surface area contributed by atoms with Crippen molar-refractivity contribution in [2.24, 2.45) is 5.73 Å². The molecule has 0 aliphatic heterocycles. The fraction of sp³-hybridized carbons (Fsp3) is 0.545. The molecule has 5 heteroatoms. The van der Waals surface area contributed by atoms with Gasteiger partial charge >= 0.3 is 0 Å². The van der Waals surface area contributed by atoms with Gasteiger partial charge in [-0.15, -0.1) is 0 Å². The van der Waals surface area contributed by atoms with E-state index in [4.69, 9.17) is 15.9 Å². The van der Waals surface area contributed by atoms with Crippen molar-refractivity contribution < 1.29 is 15.3 Å². The number of aromatic nitrogens is 1. The van der Waals surface area contributed by atoms with Crippen molar-refractivity contribution >= 4 is 0 Å². The molecule has 1 rings (SSSR count). The van der Waals surface area contributed by atoms with E-state index in [0.717, 1.165) is 0 Å². The molecule has 1 heterocycles. The molecule has 0 aromatic carbocycles. The first-order valence-corrected chi connectivity index (χ1v) is 5.26. The molecule has 0 amide bonds. The van der Waals surface area contributed by atoms with Crippen LogP contribution in [0.2, 0.25) is 0 Å². The Balaban J connectivity index is 3.03. The number of rotatable bonds is 5. The van der Waals surface area contributed by atoms with Gasteiger partial charge in [0.2, 0.25) is 0 Å². The Bertz CT molecular complexity index is 355. The maximum absolute atomic E-state index is 9.86. The number of aliphatic hydroxyl groups is 2. The standard InChI is InChI=1S/C11H18N2O3/c1-7-11(16)10(8(6-15)5-13-7)9(12)3-2-4-14/h5,9,14-16H,2-4,6,12H2,1H3/t9-/m1/s1. The van der Waals surface area contributed by atoms with Gasteiger partial charge in [-0.05, 0) is 19.8 Å². The van der Waals surface area contributed by atoms with Gasteiger partial charge in [-0.3, -0.25) is 4.98 Å². The predicted octanol–water partition coefficient (Wildman–Crippen LogP) is 0.360. The summed E-state index contributed by atoms with van der Waals surface area (Å²) in [4.78, 5) is 3.96. The fourth-order valence-corrected chi connectivity index (χ4v) is 1.65. The predicted molar refractivity (Wildman–Crippen MR) is 59.8 cm³/mol. The van der Waals surface area contributed by atoms with Gasteiger partial charge in [0.15, 0.2) is 0 Å². The van der Waals surface area contributed by atoms with Crippen LogP contribution in [0.25, 0.3) is 0 Å². The summed E-state index contributed by atoms with van der Waals surface area (Å²) in [5.41, 5.74) is 7.48. The molecule has 1 aromatic rings. The highest BCUT2D eigenvalue weighted by molar-refractivity contribution is 5.42. The number of aryl methyl sites for hydroxylation is 1. The molecule has 0 unspecified atom stereocenters. The summed E-state index contributed by atoms with van der Waals surface area (Å²) in [7, 11) is 0. The monoisotopic (exact) mass is 226 g/mol. The largest absolute Gasteiger partial charge is 0.506 e. The van der Waals surface area contributed by atoms with E-state index >= 15 is 0 Å². The Kier molecular flexibility index (Phi) is 4.67. The summed E-state index contributed by atoms with van der Waals surface area (Å²) in [6, 6.07) is -0.393. The lowest BCUT2D eigenvalue weighted by Gasteiger charge is -2.17. The quantitative estimate of drug-likeness (QED) is 0.581. The second-order valence-electron chi connectivity index (χ2n) is 3.76. The lowest BCUT2D eigenvalue weighted by Crippen LogP contribution is -2.14. The van der Waals surface area contributed by atoms with Crippen LogP contribution in [-0.2, 0) is 6.61 Å². The molecule has 0 bridgehead atoms. The molecule has 1 atom stereocenters. The Morgan fingerprint density at radius 3 is 2.69 bits per heavy atom. The van der Waals surface area contributed by atoms with Gasteiger partial charge in [-0.1, -0.05) is 0 Å². The molecule has 90 valence electrons. The van der Waals surface area contributed by atoms with Crippen molar-refractivity contribution in [1.29, 1.82) is 0 Å². The molecule has 0 saturated carbocycles. The minimum absolute atomic E-state index is 0.0389. The number of pyridine rings is 1. The van der Waals surface area contributed by atoms with Crippen LogP contribution < -0.4 is 5.73 Å². The van der Waals surface area contributed by atoms with Crippen molar-refractivity contribution in [3.05, 3.63) is 23.0 Å². The van der Waals surface area contributed by atoms with Gasteiger partial charge in [0, 0.05) is 30.0 Å². The van der Waals surface area contributed by atoms with Crippen LogP contribution in [0.5, 0.6) is 5.75 Å². The molecule has 0 saturated heterocycles. The maximum Gasteiger partial charge on any atom is 0.141 e. The summed E-state index contributed by atoms with van der Waals surface area (Å²) >= 11 is 0. The van der Waals surface area contributed by atoms with Gasteiger partial charge in [-0.2, -0.15) is 0 Å². The average Bonchev–Trinajstić information content (AvgIpc) is 2.29. The minimum atomic E-state index is -0.393. The molecule has 0 aliphatic carbocycles. The third-order valence-corrected chi connectivity index (χ3v) is 2.57. The van der Waals surface area contributed by atoms with E-state index in [1.807, 2.05) is 0 Å². The van der Waals surface area contributed by atoms with Crippen LogP contribution in [0.15, 0.2) is 6.20 Å². The third kappa shape index (κ3) is 2.69. The Labute approximate surface area is 94.6 Å². The molecule has 5 nitrogen and oxygen atoms in total. The number of hydrogen-bond donors (Lipinski definition) is 4. The highest BCUT2D eigenvalue weighted by atomic mass is 16.3. The summed E-state index contributed by atoms with van der Waals surface area (Å²) in [5.74, 6) is 0.0389. The van der Waals surface area contributed by atoms with Crippen LogP contribution in [-0.4, -0.2) is 26.9 Å². The molecule has 1 aromatic heterocycles. The summed E-state index contributed by atoms with van der Waals surface area (Å²) in [6.45, 7) is 1.54. The van der Waals surface area contributed by atoms with Crippen molar-refractivity contribution in [3.63, 3.8) is 0 Å². The first-order valence-electron chi connectivity index (χ1n) is 5.26. The van der Waals surface area contributed by atoms with E-state index in [9.17, 15) is 5.11 Å². The number of nitrogens with two attached hydrogens (primary N) is 1. The zero-order chi connectivity index (χ0) is 12.1. The zero-order valence-corrected chi connectivity index (χ0v) is 9.35. The normalized spacial score (nSPS) is 12.8. The van der Waals surface area contributed by atoms with Gasteiger partial charge in [0.05, 0.1) is 12.3 Å². The van der Waals surface area contributed by atoms with Crippen LogP contribution in [0.4, 0.5) is 0 Å². The second kappa shape index (κ2) is 5.79. The van der Waals surface area contributed by atoms with Crippen molar-refractivity contribution in [2.45, 2.75) is 32.4 Å². The van der Waals surface area contributed by atoms with Crippen LogP contribution in [0.1, 0.15) is 35.7 Å². The maximum atomic E-state index is 9.86. The van der Waals surface area contributed by atoms with E-state index in [0.29, 0.717) is 29.7 Å². The molecular weight excluding hydrogens is 208 g/mol. The molecular formula is C11H18N2O3. The topological polar surface area (TPSA) is 99.6 Å². The molecule has 0 aliphatic rings. The van der Waals surface area contributed by atoms with Crippen molar-refractivity contribution in [2.75, 3.05) is 6.61 Å². The molecule has 0 spiro atoms. The van der Waals surface area contributed by atoms with Crippen LogP contribution in [0.3, 0.4) is 0 Å². The lowest BCUT2D eigenvalue weighted by molar-refractivity contribution is 0.272. The highest BCUT2D eigenvalue weighted by Gasteiger charge is 2.17. The molecule has 5 N–H and O–H groups in total. The van der Waals surface area contributed by atoms with Gasteiger partial charge in [-0.25, -0.2) is 0 Å². The van der Waals surface area contributed by atoms with Crippen molar-refractivity contribution in [1.82, 2.24) is 4.98 Å². The number of nitrogens with zero attached hydrogens (tertiary/aromatic N) is 1. The second-order valence-corrected chi connectivity index (χ2v) is 3.76. The summed E-state index contributed by atoms with van der Waals surface area (Å²) in [5, 5.41) is 27.7. The molecule has 0 fully saturated rings. The van der Waals surface area contributed by atoms with Gasteiger partial charge in [0.25, 0.3) is 0 Å². The van der Waals surface area contributed by atoms with Crippen LogP contribution >= 0.6 is 0 Å². The third-order valence-electron chi connectivity index (χ3n) is 2.57.